The van der Waals surface area contributed by atoms with E-state index in [9.17, 15) is 0 Å². The molecule has 3 nitrogen and oxygen atoms in total. The molecule has 1 aliphatic heterocycles. The lowest BCUT2D eigenvalue weighted by Gasteiger charge is -2.23. The van der Waals surface area contributed by atoms with E-state index in [1.165, 1.54) is 0 Å². The van der Waals surface area contributed by atoms with Crippen molar-refractivity contribution >= 4 is 0 Å². The smallest absolute Gasteiger partial charge is 0.147 e. The summed E-state index contributed by atoms with van der Waals surface area (Å²) in [6.07, 6.45) is -0.458. The molecule has 1 heterocycles. The maximum absolute atomic E-state index is 9.11. The van der Waals surface area contributed by atoms with Crippen LogP contribution in [0.4, 0.5) is 0 Å². The molecule has 54 valence electrons. The van der Waals surface area contributed by atoms with Crippen LogP contribution in [-0.2, 0) is 9.47 Å². The summed E-state index contributed by atoms with van der Waals surface area (Å²) in [6.45, 7) is 4.34. The van der Waals surface area contributed by atoms with E-state index >= 15 is 0 Å². The summed E-state index contributed by atoms with van der Waals surface area (Å²) in [5.41, 5.74) is -0.472. The van der Waals surface area contributed by atoms with Gasteiger partial charge in [0.1, 0.15) is 12.4 Å². The van der Waals surface area contributed by atoms with Gasteiger partial charge in [-0.25, -0.2) is 0 Å². The van der Waals surface area contributed by atoms with Gasteiger partial charge in [-0.15, -0.1) is 0 Å². The number of aliphatic hydroxyl groups excluding tert-OH is 1. The highest BCUT2D eigenvalue weighted by Gasteiger charge is 2.35. The lowest BCUT2D eigenvalue weighted by atomic mass is 10.0. The topological polar surface area (TPSA) is 38.7 Å². The van der Waals surface area contributed by atoms with Gasteiger partial charge in [-0.05, 0) is 13.8 Å². The van der Waals surface area contributed by atoms with Crippen molar-refractivity contribution in [1.82, 2.24) is 0 Å². The largest absolute Gasteiger partial charge is 0.390 e. The van der Waals surface area contributed by atoms with E-state index < -0.39 is 11.7 Å². The van der Waals surface area contributed by atoms with Crippen LogP contribution in [0.2, 0.25) is 0 Å². The first-order valence-electron chi connectivity index (χ1n) is 3.05. The molecule has 0 spiro atoms. The first-order valence-corrected chi connectivity index (χ1v) is 3.05. The summed E-state index contributed by atoms with van der Waals surface area (Å²) in [6, 6.07) is 0. The molecule has 0 saturated carbocycles. The van der Waals surface area contributed by atoms with Crippen LogP contribution in [0.25, 0.3) is 0 Å². The van der Waals surface area contributed by atoms with Gasteiger partial charge < -0.3 is 14.6 Å². The summed E-state index contributed by atoms with van der Waals surface area (Å²) in [5.74, 6) is 0. The molecule has 1 rings (SSSR count). The second kappa shape index (κ2) is 2.25. The monoisotopic (exact) mass is 132 g/mol. The highest BCUT2D eigenvalue weighted by molar-refractivity contribution is 4.82. The fourth-order valence-electron chi connectivity index (χ4n) is 0.703. The summed E-state index contributed by atoms with van der Waals surface area (Å²) in [4.78, 5) is 0. The quantitative estimate of drug-likeness (QED) is 0.551. The Bertz CT molecular complexity index is 94.5. The normalized spacial score (nSPS) is 39.0. The zero-order valence-corrected chi connectivity index (χ0v) is 5.76. The van der Waals surface area contributed by atoms with E-state index in [1.54, 1.807) is 6.92 Å². The Balaban J connectivity index is 2.51. The van der Waals surface area contributed by atoms with Gasteiger partial charge in [-0.2, -0.15) is 0 Å². The maximum atomic E-state index is 9.11. The first kappa shape index (κ1) is 6.99. The van der Waals surface area contributed by atoms with Crippen molar-refractivity contribution in [2.45, 2.75) is 25.6 Å². The van der Waals surface area contributed by atoms with E-state index in [1.807, 2.05) is 6.92 Å². The van der Waals surface area contributed by atoms with E-state index in [-0.39, 0.29) is 0 Å². The number of hydrogen-bond donors (Lipinski definition) is 1. The molecule has 0 aromatic rings. The summed E-state index contributed by atoms with van der Waals surface area (Å²) in [7, 11) is 0. The fourth-order valence-corrected chi connectivity index (χ4v) is 0.703. The molecule has 0 aromatic heterocycles. The molecule has 3 heteroatoms. The van der Waals surface area contributed by atoms with Gasteiger partial charge >= 0.3 is 0 Å². The average molecular weight is 132 g/mol. The van der Waals surface area contributed by atoms with Crippen molar-refractivity contribution in [3.8, 4) is 0 Å². The summed E-state index contributed by atoms with van der Waals surface area (Å²) in [5, 5.41) is 9.11. The average Bonchev–Trinajstić information content (AvgIpc) is 2.16. The number of hydrogen-bond acceptors (Lipinski definition) is 3. The number of rotatable bonds is 1. The van der Waals surface area contributed by atoms with Crippen LogP contribution in [0.3, 0.4) is 0 Å². The predicted molar refractivity (Wildman–Crippen MR) is 32.0 cm³/mol. The highest BCUT2D eigenvalue weighted by Crippen LogP contribution is 2.21. The first-order chi connectivity index (χ1) is 4.15. The van der Waals surface area contributed by atoms with Gasteiger partial charge in [0.05, 0.1) is 12.7 Å². The molecular weight excluding hydrogens is 120 g/mol. The van der Waals surface area contributed by atoms with E-state index in [4.69, 9.17) is 14.6 Å². The Kier molecular flexibility index (Phi) is 1.75. The number of aliphatic hydroxyl groups is 1. The Labute approximate surface area is 54.6 Å². The molecule has 1 fully saturated rings. The molecule has 0 bridgehead atoms. The van der Waals surface area contributed by atoms with Crippen LogP contribution < -0.4 is 0 Å². The minimum atomic E-state index is -0.472. The third-order valence-electron chi connectivity index (χ3n) is 1.74. The molecule has 2 atom stereocenters. The van der Waals surface area contributed by atoms with E-state index in [2.05, 4.69) is 0 Å². The minimum absolute atomic E-state index is 0.307. The van der Waals surface area contributed by atoms with Gasteiger partial charge in [0.2, 0.25) is 0 Å². The third-order valence-corrected chi connectivity index (χ3v) is 1.74. The van der Waals surface area contributed by atoms with E-state index in [0.29, 0.717) is 13.4 Å². The van der Waals surface area contributed by atoms with Crippen LogP contribution in [0, 0.1) is 0 Å². The maximum Gasteiger partial charge on any atom is 0.147 e. The number of ether oxygens (including phenoxy) is 2. The Morgan fingerprint density at radius 3 is 2.56 bits per heavy atom. The van der Waals surface area contributed by atoms with E-state index in [0.717, 1.165) is 0 Å². The third kappa shape index (κ3) is 1.23. The molecule has 2 unspecified atom stereocenters. The van der Waals surface area contributed by atoms with Crippen molar-refractivity contribution in [3.63, 3.8) is 0 Å². The molecule has 0 aromatic carbocycles. The van der Waals surface area contributed by atoms with Gasteiger partial charge in [0.15, 0.2) is 0 Å². The lowest BCUT2D eigenvalue weighted by molar-refractivity contribution is -0.0673. The molecule has 1 N–H and O–H groups in total. The lowest BCUT2D eigenvalue weighted by Crippen LogP contribution is -2.39. The zero-order valence-electron chi connectivity index (χ0n) is 5.76. The van der Waals surface area contributed by atoms with Crippen LogP contribution in [0.1, 0.15) is 13.8 Å². The molecule has 0 aliphatic carbocycles. The Morgan fingerprint density at radius 2 is 2.33 bits per heavy atom. The van der Waals surface area contributed by atoms with Crippen molar-refractivity contribution in [2.24, 2.45) is 0 Å². The van der Waals surface area contributed by atoms with Crippen LogP contribution >= 0.6 is 0 Å². The zero-order chi connectivity index (χ0) is 6.91. The summed E-state index contributed by atoms with van der Waals surface area (Å²) < 4.78 is 10.1. The molecule has 0 amide bonds. The minimum Gasteiger partial charge on any atom is -0.390 e. The Hall–Kier alpha value is -0.120. The molecule has 0 radical (unpaired) electrons. The molecule has 9 heavy (non-hydrogen) atoms. The SMILES string of the molecule is CC(O)C1(C)COCO1. The van der Waals surface area contributed by atoms with Crippen LogP contribution in [0.15, 0.2) is 0 Å². The fraction of sp³-hybridized carbons (Fsp3) is 1.00. The standard InChI is InChI=1S/C6H12O3/c1-5(7)6(2)3-8-4-9-6/h5,7H,3-4H2,1-2H3. The second-order valence-corrected chi connectivity index (χ2v) is 2.60. The summed E-state index contributed by atoms with van der Waals surface area (Å²) >= 11 is 0. The molecular formula is C6H12O3. The second-order valence-electron chi connectivity index (χ2n) is 2.60. The van der Waals surface area contributed by atoms with Crippen molar-refractivity contribution in [3.05, 3.63) is 0 Å². The Morgan fingerprint density at radius 1 is 1.67 bits per heavy atom. The van der Waals surface area contributed by atoms with Crippen LogP contribution in [-0.4, -0.2) is 30.2 Å². The molecule has 1 aliphatic rings. The van der Waals surface area contributed by atoms with Crippen molar-refractivity contribution < 1.29 is 14.6 Å². The van der Waals surface area contributed by atoms with Gasteiger partial charge in [-0.1, -0.05) is 0 Å². The van der Waals surface area contributed by atoms with Gasteiger partial charge in [-0.3, -0.25) is 0 Å². The van der Waals surface area contributed by atoms with Gasteiger partial charge in [0.25, 0.3) is 0 Å². The van der Waals surface area contributed by atoms with Crippen LogP contribution in [0.5, 0.6) is 0 Å². The molecule has 1 saturated heterocycles. The van der Waals surface area contributed by atoms with Gasteiger partial charge in [0, 0.05) is 0 Å². The highest BCUT2D eigenvalue weighted by atomic mass is 16.7. The van der Waals surface area contributed by atoms with Crippen molar-refractivity contribution in [1.29, 1.82) is 0 Å². The van der Waals surface area contributed by atoms with Crippen molar-refractivity contribution in [2.75, 3.05) is 13.4 Å². The predicted octanol–water partition coefficient (Wildman–Crippen LogP) is 0.130.